The van der Waals surface area contributed by atoms with E-state index in [1.165, 1.54) is 18.4 Å². The fourth-order valence-electron chi connectivity index (χ4n) is 2.42. The summed E-state index contributed by atoms with van der Waals surface area (Å²) < 4.78 is 5.21. The summed E-state index contributed by atoms with van der Waals surface area (Å²) in [5.41, 5.74) is 1.80. The average molecular weight is 402 g/mol. The fraction of sp³-hybridized carbons (Fsp3) is 0.158. The third-order valence-electron chi connectivity index (χ3n) is 3.72. The van der Waals surface area contributed by atoms with Crippen molar-refractivity contribution in [2.75, 3.05) is 18.3 Å². The Labute approximate surface area is 165 Å². The number of aromatic nitrogens is 2. The van der Waals surface area contributed by atoms with Gasteiger partial charge < -0.3 is 10.1 Å². The Kier molecular flexibility index (Phi) is 6.16. The van der Waals surface area contributed by atoms with Crippen LogP contribution < -0.4 is 10.1 Å². The molecule has 0 spiro atoms. The molecule has 138 valence electrons. The molecule has 0 radical (unpaired) electrons. The molecular formula is C19H16ClN3O3S. The number of carbonyl (C=O) groups excluding carboxylic acids is 2. The van der Waals surface area contributed by atoms with Crippen molar-refractivity contribution in [1.82, 2.24) is 10.2 Å². The van der Waals surface area contributed by atoms with Gasteiger partial charge in [0, 0.05) is 11.1 Å². The Bertz CT molecular complexity index is 960. The highest BCUT2D eigenvalue weighted by Gasteiger charge is 2.15. The number of benzene rings is 2. The Hall–Kier alpha value is -2.77. The number of methoxy groups -OCH3 is 1. The molecule has 8 heteroatoms. The van der Waals surface area contributed by atoms with Crippen LogP contribution in [-0.2, 0) is 11.2 Å². The quantitative estimate of drug-likeness (QED) is 0.481. The van der Waals surface area contributed by atoms with Gasteiger partial charge in [0.25, 0.3) is 0 Å². The minimum Gasteiger partial charge on any atom is -0.495 e. The van der Waals surface area contributed by atoms with Gasteiger partial charge in [0.15, 0.2) is 5.78 Å². The monoisotopic (exact) mass is 401 g/mol. The molecule has 0 bridgehead atoms. The largest absolute Gasteiger partial charge is 0.495 e. The second-order valence-electron chi connectivity index (χ2n) is 5.56. The molecule has 1 aromatic heterocycles. The van der Waals surface area contributed by atoms with Gasteiger partial charge >= 0.3 is 0 Å². The first-order chi connectivity index (χ1) is 13.1. The SMILES string of the molecule is COc1ccc(C(=O)Cc2nnc(-c3ccccc3)s2)cc1NC(=O)CCl. The van der Waals surface area contributed by atoms with Crippen LogP contribution in [0.15, 0.2) is 48.5 Å². The summed E-state index contributed by atoms with van der Waals surface area (Å²) in [5, 5.41) is 12.3. The number of hydrogen-bond acceptors (Lipinski definition) is 6. The van der Waals surface area contributed by atoms with Crippen LogP contribution in [0.1, 0.15) is 15.4 Å². The standard InChI is InChI=1S/C19H16ClN3O3S/c1-26-16-8-7-13(9-14(16)21-17(25)11-20)15(24)10-18-22-23-19(27-18)12-5-3-2-4-6-12/h2-9H,10-11H2,1H3,(H,21,25). The highest BCUT2D eigenvalue weighted by Crippen LogP contribution is 2.27. The molecule has 0 unspecified atom stereocenters. The van der Waals surface area contributed by atoms with Gasteiger partial charge in [-0.05, 0) is 18.2 Å². The Morgan fingerprint density at radius 3 is 2.63 bits per heavy atom. The second kappa shape index (κ2) is 8.75. The van der Waals surface area contributed by atoms with Gasteiger partial charge in [-0.3, -0.25) is 9.59 Å². The van der Waals surface area contributed by atoms with E-state index in [1.807, 2.05) is 30.3 Å². The summed E-state index contributed by atoms with van der Waals surface area (Å²) in [6.07, 6.45) is 0.125. The van der Waals surface area contributed by atoms with Crippen LogP contribution in [0.5, 0.6) is 5.75 Å². The number of carbonyl (C=O) groups is 2. The zero-order chi connectivity index (χ0) is 19.2. The van der Waals surface area contributed by atoms with E-state index in [2.05, 4.69) is 15.5 Å². The van der Waals surface area contributed by atoms with Crippen LogP contribution >= 0.6 is 22.9 Å². The van der Waals surface area contributed by atoms with Crippen molar-refractivity contribution in [2.24, 2.45) is 0 Å². The molecule has 3 rings (SSSR count). The number of nitrogens with one attached hydrogen (secondary N) is 1. The summed E-state index contributed by atoms with van der Waals surface area (Å²) in [7, 11) is 1.49. The molecule has 0 saturated heterocycles. The lowest BCUT2D eigenvalue weighted by molar-refractivity contribution is -0.113. The van der Waals surface area contributed by atoms with Gasteiger partial charge in [-0.25, -0.2) is 0 Å². The molecule has 0 fully saturated rings. The number of halogens is 1. The molecule has 0 aliphatic rings. The van der Waals surface area contributed by atoms with Gasteiger partial charge in [-0.15, -0.1) is 21.8 Å². The zero-order valence-electron chi connectivity index (χ0n) is 14.4. The summed E-state index contributed by atoms with van der Waals surface area (Å²) >= 11 is 6.91. The van der Waals surface area contributed by atoms with Crippen molar-refractivity contribution < 1.29 is 14.3 Å². The van der Waals surface area contributed by atoms with E-state index < -0.39 is 0 Å². The summed E-state index contributed by atoms with van der Waals surface area (Å²) in [6, 6.07) is 14.5. The van der Waals surface area contributed by atoms with Crippen molar-refractivity contribution in [3.05, 3.63) is 59.1 Å². The third kappa shape index (κ3) is 4.69. The average Bonchev–Trinajstić information content (AvgIpc) is 3.17. The van der Waals surface area contributed by atoms with Crippen molar-refractivity contribution in [2.45, 2.75) is 6.42 Å². The molecule has 0 aliphatic carbocycles. The van der Waals surface area contributed by atoms with Crippen LogP contribution in [0.4, 0.5) is 5.69 Å². The predicted molar refractivity (Wildman–Crippen MR) is 106 cm³/mol. The number of amides is 1. The lowest BCUT2D eigenvalue weighted by Crippen LogP contribution is -2.14. The number of anilines is 1. The molecule has 1 heterocycles. The molecular weight excluding hydrogens is 386 g/mol. The lowest BCUT2D eigenvalue weighted by Gasteiger charge is -2.10. The van der Waals surface area contributed by atoms with Crippen LogP contribution in [0, 0.1) is 0 Å². The van der Waals surface area contributed by atoms with Crippen LogP contribution in [0.25, 0.3) is 10.6 Å². The summed E-state index contributed by atoms with van der Waals surface area (Å²) in [6.45, 7) is 0. The van der Waals surface area contributed by atoms with E-state index in [4.69, 9.17) is 16.3 Å². The van der Waals surface area contributed by atoms with E-state index in [0.717, 1.165) is 10.6 Å². The van der Waals surface area contributed by atoms with Gasteiger partial charge in [-0.2, -0.15) is 0 Å². The van der Waals surface area contributed by atoms with Crippen LogP contribution in [0.2, 0.25) is 0 Å². The molecule has 2 aromatic carbocycles. The summed E-state index contributed by atoms with van der Waals surface area (Å²) in [4.78, 5) is 24.2. The first kappa shape index (κ1) is 19.0. The maximum Gasteiger partial charge on any atom is 0.239 e. The van der Waals surface area contributed by atoms with Gasteiger partial charge in [0.2, 0.25) is 5.91 Å². The van der Waals surface area contributed by atoms with Gasteiger partial charge in [0.1, 0.15) is 21.6 Å². The van der Waals surface area contributed by atoms with Crippen molar-refractivity contribution in [3.63, 3.8) is 0 Å². The molecule has 0 atom stereocenters. The molecule has 27 heavy (non-hydrogen) atoms. The van der Waals surface area contributed by atoms with E-state index in [-0.39, 0.29) is 24.0 Å². The van der Waals surface area contributed by atoms with Gasteiger partial charge in [-0.1, -0.05) is 41.7 Å². The zero-order valence-corrected chi connectivity index (χ0v) is 16.0. The number of alkyl halides is 1. The highest BCUT2D eigenvalue weighted by atomic mass is 35.5. The Morgan fingerprint density at radius 1 is 1.15 bits per heavy atom. The maximum absolute atomic E-state index is 12.6. The predicted octanol–water partition coefficient (Wildman–Crippen LogP) is 3.82. The van der Waals surface area contributed by atoms with Crippen LogP contribution in [0.3, 0.4) is 0 Å². The molecule has 0 aliphatic heterocycles. The first-order valence-corrected chi connectivity index (χ1v) is 9.40. The topological polar surface area (TPSA) is 81.2 Å². The molecule has 0 saturated carbocycles. The fourth-order valence-corrected chi connectivity index (χ4v) is 3.34. The van der Waals surface area contributed by atoms with E-state index in [0.29, 0.717) is 22.0 Å². The minimum absolute atomic E-state index is 0.125. The second-order valence-corrected chi connectivity index (χ2v) is 6.89. The molecule has 1 amide bonds. The van der Waals surface area contributed by atoms with E-state index >= 15 is 0 Å². The molecule has 1 N–H and O–H groups in total. The summed E-state index contributed by atoms with van der Waals surface area (Å²) in [5.74, 6) is -0.243. The van der Waals surface area contributed by atoms with Gasteiger partial charge in [0.05, 0.1) is 19.2 Å². The molecule has 3 aromatic rings. The number of ketones is 1. The number of ether oxygens (including phenoxy) is 1. The number of rotatable bonds is 7. The van der Waals surface area contributed by atoms with Crippen molar-refractivity contribution >= 4 is 40.3 Å². The Balaban J connectivity index is 1.77. The number of Topliss-reactive ketones (excluding diaryl/α,β-unsaturated/α-hetero) is 1. The van der Waals surface area contributed by atoms with Crippen molar-refractivity contribution in [1.29, 1.82) is 0 Å². The maximum atomic E-state index is 12.6. The van der Waals surface area contributed by atoms with Crippen molar-refractivity contribution in [3.8, 4) is 16.3 Å². The minimum atomic E-state index is -0.379. The highest BCUT2D eigenvalue weighted by molar-refractivity contribution is 7.14. The normalized spacial score (nSPS) is 10.4. The Morgan fingerprint density at radius 2 is 1.93 bits per heavy atom. The van der Waals surface area contributed by atoms with E-state index in [1.54, 1.807) is 18.2 Å². The third-order valence-corrected chi connectivity index (χ3v) is 4.93. The first-order valence-electron chi connectivity index (χ1n) is 8.05. The number of hydrogen-bond donors (Lipinski definition) is 1. The lowest BCUT2D eigenvalue weighted by atomic mass is 10.1. The smallest absolute Gasteiger partial charge is 0.239 e. The van der Waals surface area contributed by atoms with E-state index in [9.17, 15) is 9.59 Å². The number of nitrogens with zero attached hydrogens (tertiary/aromatic N) is 2. The molecule has 6 nitrogen and oxygen atoms in total. The van der Waals surface area contributed by atoms with Crippen LogP contribution in [-0.4, -0.2) is 34.9 Å².